The van der Waals surface area contributed by atoms with Crippen LogP contribution in [0.1, 0.15) is 39.7 Å². The molecule has 1 saturated heterocycles. The molecule has 1 amide bonds. The lowest BCUT2D eigenvalue weighted by atomic mass is 9.63. The fourth-order valence-electron chi connectivity index (χ4n) is 3.39. The first-order valence-corrected chi connectivity index (χ1v) is 6.68. The number of amides is 1. The zero-order valence-corrected chi connectivity index (χ0v) is 12.4. The molecular weight excluding hydrogens is 238 g/mol. The van der Waals surface area contributed by atoms with Crippen molar-refractivity contribution in [2.75, 3.05) is 7.11 Å². The Hall–Kier alpha value is -1.35. The van der Waals surface area contributed by atoms with E-state index in [1.807, 2.05) is 44.2 Å². The highest BCUT2D eigenvalue weighted by Gasteiger charge is 2.56. The van der Waals surface area contributed by atoms with Gasteiger partial charge in [0.25, 0.3) is 0 Å². The second-order valence-electron chi connectivity index (χ2n) is 6.65. The van der Waals surface area contributed by atoms with E-state index in [1.54, 1.807) is 7.11 Å². The van der Waals surface area contributed by atoms with E-state index >= 15 is 0 Å². The largest absolute Gasteiger partial charge is 0.354 e. The molecule has 1 aliphatic heterocycles. The second kappa shape index (κ2) is 4.34. The first-order valence-electron chi connectivity index (χ1n) is 6.68. The number of hydrogen-bond donors (Lipinski definition) is 1. The molecule has 1 fully saturated rings. The Labute approximate surface area is 115 Å². The van der Waals surface area contributed by atoms with Crippen molar-refractivity contribution in [1.29, 1.82) is 0 Å². The number of piperidine rings is 1. The van der Waals surface area contributed by atoms with Crippen LogP contribution in [-0.4, -0.2) is 13.0 Å². The van der Waals surface area contributed by atoms with Crippen molar-refractivity contribution in [2.24, 2.45) is 10.8 Å². The van der Waals surface area contributed by atoms with Gasteiger partial charge in [-0.05, 0) is 6.42 Å². The normalized spacial score (nSPS) is 28.8. The molecule has 3 nitrogen and oxygen atoms in total. The van der Waals surface area contributed by atoms with Crippen molar-refractivity contribution < 1.29 is 9.53 Å². The molecule has 0 radical (unpaired) electrons. The average Bonchev–Trinajstić information content (AvgIpc) is 2.33. The van der Waals surface area contributed by atoms with Crippen LogP contribution in [0.3, 0.4) is 0 Å². The summed E-state index contributed by atoms with van der Waals surface area (Å²) >= 11 is 0. The SMILES string of the molecule is COC1(c2ccccc2)NC(=O)C(C)(C)CC1(C)C. The third kappa shape index (κ3) is 2.06. The molecule has 1 aromatic carbocycles. The summed E-state index contributed by atoms with van der Waals surface area (Å²) in [6, 6.07) is 9.92. The van der Waals surface area contributed by atoms with E-state index in [-0.39, 0.29) is 16.7 Å². The molecule has 104 valence electrons. The minimum Gasteiger partial charge on any atom is -0.354 e. The van der Waals surface area contributed by atoms with Crippen LogP contribution in [0.2, 0.25) is 0 Å². The van der Waals surface area contributed by atoms with E-state index in [0.29, 0.717) is 0 Å². The monoisotopic (exact) mass is 261 g/mol. The van der Waals surface area contributed by atoms with Gasteiger partial charge in [-0.25, -0.2) is 0 Å². The third-order valence-corrected chi connectivity index (χ3v) is 4.23. The lowest BCUT2D eigenvalue weighted by Crippen LogP contribution is -2.64. The van der Waals surface area contributed by atoms with Gasteiger partial charge in [-0.1, -0.05) is 58.0 Å². The number of benzene rings is 1. The van der Waals surface area contributed by atoms with Crippen LogP contribution in [0.5, 0.6) is 0 Å². The molecule has 0 spiro atoms. The summed E-state index contributed by atoms with van der Waals surface area (Å²) in [5.41, 5.74) is -0.340. The third-order valence-electron chi connectivity index (χ3n) is 4.23. The fraction of sp³-hybridized carbons (Fsp3) is 0.562. The molecule has 0 aliphatic carbocycles. The number of rotatable bonds is 2. The maximum absolute atomic E-state index is 12.4. The molecule has 19 heavy (non-hydrogen) atoms. The molecule has 0 saturated carbocycles. The summed E-state index contributed by atoms with van der Waals surface area (Å²) in [5, 5.41) is 3.12. The van der Waals surface area contributed by atoms with Crippen molar-refractivity contribution in [3.8, 4) is 0 Å². The van der Waals surface area contributed by atoms with Crippen molar-refractivity contribution in [3.63, 3.8) is 0 Å². The number of ether oxygens (including phenoxy) is 1. The molecule has 0 aromatic heterocycles. The summed E-state index contributed by atoms with van der Waals surface area (Å²) in [7, 11) is 1.66. The quantitative estimate of drug-likeness (QED) is 0.888. The van der Waals surface area contributed by atoms with Gasteiger partial charge in [0.15, 0.2) is 5.72 Å². The smallest absolute Gasteiger partial charge is 0.228 e. The van der Waals surface area contributed by atoms with Crippen LogP contribution in [0.25, 0.3) is 0 Å². The number of hydrogen-bond acceptors (Lipinski definition) is 2. The Morgan fingerprint density at radius 2 is 1.68 bits per heavy atom. The molecule has 1 aromatic rings. The van der Waals surface area contributed by atoms with Crippen LogP contribution in [-0.2, 0) is 15.3 Å². The van der Waals surface area contributed by atoms with E-state index in [4.69, 9.17) is 4.74 Å². The van der Waals surface area contributed by atoms with Crippen molar-refractivity contribution >= 4 is 5.91 Å². The first-order chi connectivity index (χ1) is 8.75. The van der Waals surface area contributed by atoms with Gasteiger partial charge >= 0.3 is 0 Å². The summed E-state index contributed by atoms with van der Waals surface area (Å²) in [6.45, 7) is 8.25. The van der Waals surface area contributed by atoms with E-state index in [2.05, 4.69) is 19.2 Å². The van der Waals surface area contributed by atoms with Crippen LogP contribution < -0.4 is 5.32 Å². The Balaban J connectivity index is 2.54. The average molecular weight is 261 g/mol. The highest BCUT2D eigenvalue weighted by atomic mass is 16.5. The van der Waals surface area contributed by atoms with Gasteiger partial charge in [-0.15, -0.1) is 0 Å². The fourth-order valence-corrected chi connectivity index (χ4v) is 3.39. The lowest BCUT2D eigenvalue weighted by molar-refractivity contribution is -0.186. The van der Waals surface area contributed by atoms with Gasteiger partial charge in [0.05, 0.1) is 0 Å². The minimum atomic E-state index is -0.763. The molecule has 1 N–H and O–H groups in total. The van der Waals surface area contributed by atoms with E-state index in [9.17, 15) is 4.79 Å². The summed E-state index contributed by atoms with van der Waals surface area (Å²) in [5.74, 6) is 0.0394. The highest BCUT2D eigenvalue weighted by Crippen LogP contribution is 2.51. The molecule has 1 unspecified atom stereocenters. The minimum absolute atomic E-state index is 0.0394. The summed E-state index contributed by atoms with van der Waals surface area (Å²) in [6.07, 6.45) is 0.772. The van der Waals surface area contributed by atoms with Gasteiger partial charge in [-0.2, -0.15) is 0 Å². The van der Waals surface area contributed by atoms with Gasteiger partial charge in [0.1, 0.15) is 0 Å². The molecule has 0 bridgehead atoms. The molecule has 1 atom stereocenters. The molecule has 2 rings (SSSR count). The topological polar surface area (TPSA) is 38.3 Å². The van der Waals surface area contributed by atoms with Gasteiger partial charge < -0.3 is 10.1 Å². The highest BCUT2D eigenvalue weighted by molar-refractivity contribution is 5.83. The number of nitrogens with one attached hydrogen (secondary N) is 1. The zero-order chi connectivity index (χ0) is 14.3. The zero-order valence-electron chi connectivity index (χ0n) is 12.4. The standard InChI is InChI=1S/C16H23NO2/c1-14(2)11-15(3,4)16(19-5,17-13(14)18)12-9-7-6-8-10-12/h6-10H,11H2,1-5H3,(H,17,18). The number of carbonyl (C=O) groups excluding carboxylic acids is 1. The summed E-state index contributed by atoms with van der Waals surface area (Å²) in [4.78, 5) is 12.4. The first kappa shape index (κ1) is 14.1. The van der Waals surface area contributed by atoms with Gasteiger partial charge in [-0.3, -0.25) is 4.79 Å². The van der Waals surface area contributed by atoms with Crippen LogP contribution >= 0.6 is 0 Å². The van der Waals surface area contributed by atoms with E-state index in [1.165, 1.54) is 0 Å². The van der Waals surface area contributed by atoms with Crippen molar-refractivity contribution in [3.05, 3.63) is 35.9 Å². The Morgan fingerprint density at radius 3 is 2.21 bits per heavy atom. The molecular formula is C16H23NO2. The predicted octanol–water partition coefficient (Wildman–Crippen LogP) is 3.06. The van der Waals surface area contributed by atoms with E-state index in [0.717, 1.165) is 12.0 Å². The van der Waals surface area contributed by atoms with Crippen LogP contribution in [0.4, 0.5) is 0 Å². The van der Waals surface area contributed by atoms with Gasteiger partial charge in [0.2, 0.25) is 5.91 Å². The molecule has 1 aliphatic rings. The van der Waals surface area contributed by atoms with Crippen molar-refractivity contribution in [1.82, 2.24) is 5.32 Å². The maximum Gasteiger partial charge on any atom is 0.228 e. The number of carbonyl (C=O) groups is 1. The molecule has 1 heterocycles. The van der Waals surface area contributed by atoms with Crippen LogP contribution in [0.15, 0.2) is 30.3 Å². The van der Waals surface area contributed by atoms with Crippen molar-refractivity contribution in [2.45, 2.75) is 39.8 Å². The molecule has 3 heteroatoms. The second-order valence-corrected chi connectivity index (χ2v) is 6.65. The Morgan fingerprint density at radius 1 is 1.11 bits per heavy atom. The van der Waals surface area contributed by atoms with Gasteiger partial charge in [0, 0.05) is 23.5 Å². The number of methoxy groups -OCH3 is 1. The van der Waals surface area contributed by atoms with E-state index < -0.39 is 5.72 Å². The summed E-state index contributed by atoms with van der Waals surface area (Å²) < 4.78 is 5.81. The Bertz CT molecular complexity index is 479. The Kier molecular flexibility index (Phi) is 3.21. The van der Waals surface area contributed by atoms with Crippen LogP contribution in [0, 0.1) is 10.8 Å². The maximum atomic E-state index is 12.4. The lowest BCUT2D eigenvalue weighted by Gasteiger charge is -2.53. The predicted molar refractivity (Wildman–Crippen MR) is 75.5 cm³/mol.